The molecule has 0 heterocycles. The first-order valence-electron chi connectivity index (χ1n) is 6.33. The third kappa shape index (κ3) is 3.56. The summed E-state index contributed by atoms with van der Waals surface area (Å²) in [6.07, 6.45) is 8.54. The van der Waals surface area contributed by atoms with E-state index in [0.717, 1.165) is 18.7 Å². The molecule has 0 amide bonds. The van der Waals surface area contributed by atoms with Crippen molar-refractivity contribution in [2.75, 3.05) is 17.6 Å². The molecule has 4 heteroatoms. The van der Waals surface area contributed by atoms with E-state index in [1.807, 2.05) is 0 Å². The van der Waals surface area contributed by atoms with Gasteiger partial charge in [0.05, 0.1) is 21.4 Å². The second-order valence-corrected chi connectivity index (χ2v) is 5.45. The predicted molar refractivity (Wildman–Crippen MR) is 80.5 cm³/mol. The van der Waals surface area contributed by atoms with Gasteiger partial charge in [-0.1, -0.05) is 34.9 Å². The van der Waals surface area contributed by atoms with Crippen molar-refractivity contribution in [1.82, 2.24) is 0 Å². The van der Waals surface area contributed by atoms with E-state index in [4.69, 9.17) is 28.9 Å². The molecule has 0 bridgehead atoms. The molecule has 0 radical (unpaired) electrons. The van der Waals surface area contributed by atoms with Gasteiger partial charge in [-0.15, -0.1) is 0 Å². The Morgan fingerprint density at radius 2 is 1.94 bits per heavy atom. The summed E-state index contributed by atoms with van der Waals surface area (Å²) >= 11 is 11.9. The summed E-state index contributed by atoms with van der Waals surface area (Å²) in [5.41, 5.74) is 8.94. The molecule has 2 nitrogen and oxygen atoms in total. The highest BCUT2D eigenvalue weighted by Crippen LogP contribution is 2.30. The second kappa shape index (κ2) is 6.35. The van der Waals surface area contributed by atoms with Crippen LogP contribution in [0.25, 0.3) is 0 Å². The molecule has 1 aliphatic rings. The normalized spacial score (nSPS) is 15.3. The summed E-state index contributed by atoms with van der Waals surface area (Å²) in [7, 11) is 0. The fraction of sp³-hybridized carbons (Fsp3) is 0.429. The lowest BCUT2D eigenvalue weighted by Gasteiger charge is -2.14. The Kier molecular flexibility index (Phi) is 4.79. The van der Waals surface area contributed by atoms with Gasteiger partial charge in [0.15, 0.2) is 0 Å². The fourth-order valence-electron chi connectivity index (χ4n) is 2.20. The lowest BCUT2D eigenvalue weighted by Crippen LogP contribution is -2.06. The first-order valence-corrected chi connectivity index (χ1v) is 7.08. The molecule has 98 valence electrons. The van der Waals surface area contributed by atoms with Gasteiger partial charge in [0.25, 0.3) is 0 Å². The number of halogens is 2. The van der Waals surface area contributed by atoms with Crippen LogP contribution >= 0.6 is 23.2 Å². The molecule has 0 fully saturated rings. The lowest BCUT2D eigenvalue weighted by molar-refractivity contribution is 0.679. The van der Waals surface area contributed by atoms with E-state index in [1.54, 1.807) is 17.7 Å². The molecular formula is C14H18Cl2N2. The molecule has 1 aliphatic carbocycles. The van der Waals surface area contributed by atoms with Crippen LogP contribution in [-0.4, -0.2) is 6.54 Å². The van der Waals surface area contributed by atoms with Gasteiger partial charge in [-0.25, -0.2) is 0 Å². The Morgan fingerprint density at radius 1 is 1.17 bits per heavy atom. The Labute approximate surface area is 118 Å². The van der Waals surface area contributed by atoms with E-state index in [1.165, 1.54) is 25.7 Å². The fourth-order valence-corrected chi connectivity index (χ4v) is 2.54. The largest absolute Gasteiger partial charge is 0.397 e. The number of hydrogen-bond donors (Lipinski definition) is 2. The van der Waals surface area contributed by atoms with Gasteiger partial charge in [-0.05, 0) is 44.2 Å². The molecule has 0 spiro atoms. The van der Waals surface area contributed by atoms with E-state index in [-0.39, 0.29) is 0 Å². The Hall–Kier alpha value is -0.860. The summed E-state index contributed by atoms with van der Waals surface area (Å²) < 4.78 is 0. The van der Waals surface area contributed by atoms with Crippen molar-refractivity contribution >= 4 is 34.6 Å². The minimum absolute atomic E-state index is 0.495. The molecule has 0 atom stereocenters. The van der Waals surface area contributed by atoms with Crippen LogP contribution in [0.1, 0.15) is 32.1 Å². The smallest absolute Gasteiger partial charge is 0.0614 e. The van der Waals surface area contributed by atoms with Crippen molar-refractivity contribution in [2.45, 2.75) is 32.1 Å². The SMILES string of the molecule is Nc1cc(Cl)c(Cl)cc1NCCC1=CCCCC1. The van der Waals surface area contributed by atoms with E-state index in [0.29, 0.717) is 15.7 Å². The zero-order valence-corrected chi connectivity index (χ0v) is 11.8. The van der Waals surface area contributed by atoms with Gasteiger partial charge in [0.1, 0.15) is 0 Å². The molecule has 0 aromatic heterocycles. The summed E-state index contributed by atoms with van der Waals surface area (Å²) in [4.78, 5) is 0. The lowest BCUT2D eigenvalue weighted by atomic mass is 9.97. The van der Waals surface area contributed by atoms with E-state index < -0.39 is 0 Å². The van der Waals surface area contributed by atoms with Gasteiger partial charge in [0, 0.05) is 6.54 Å². The minimum Gasteiger partial charge on any atom is -0.397 e. The van der Waals surface area contributed by atoms with Gasteiger partial charge in [-0.3, -0.25) is 0 Å². The molecule has 0 aliphatic heterocycles. The number of nitrogens with one attached hydrogen (secondary N) is 1. The highest BCUT2D eigenvalue weighted by atomic mass is 35.5. The molecule has 1 aromatic rings. The average Bonchev–Trinajstić information content (AvgIpc) is 2.37. The monoisotopic (exact) mass is 284 g/mol. The summed E-state index contributed by atoms with van der Waals surface area (Å²) in [6, 6.07) is 3.47. The maximum absolute atomic E-state index is 5.97. The van der Waals surface area contributed by atoms with Crippen LogP contribution in [0.4, 0.5) is 11.4 Å². The zero-order valence-electron chi connectivity index (χ0n) is 10.3. The van der Waals surface area contributed by atoms with Crippen molar-refractivity contribution in [3.63, 3.8) is 0 Å². The molecule has 1 aromatic carbocycles. The number of nitrogens with two attached hydrogens (primary N) is 1. The maximum atomic E-state index is 5.97. The number of benzene rings is 1. The summed E-state index contributed by atoms with van der Waals surface area (Å²) in [6.45, 7) is 0.883. The Morgan fingerprint density at radius 3 is 2.67 bits per heavy atom. The predicted octanol–water partition coefficient (Wildman–Crippen LogP) is 4.88. The Balaban J connectivity index is 1.90. The summed E-state index contributed by atoms with van der Waals surface area (Å²) in [5.74, 6) is 0. The van der Waals surface area contributed by atoms with Crippen LogP contribution in [0.3, 0.4) is 0 Å². The van der Waals surface area contributed by atoms with Crippen molar-refractivity contribution in [3.8, 4) is 0 Å². The second-order valence-electron chi connectivity index (χ2n) is 4.64. The number of nitrogen functional groups attached to an aromatic ring is 1. The van der Waals surface area contributed by atoms with Gasteiger partial charge >= 0.3 is 0 Å². The van der Waals surface area contributed by atoms with Crippen LogP contribution in [0.15, 0.2) is 23.8 Å². The summed E-state index contributed by atoms with van der Waals surface area (Å²) in [5, 5.41) is 4.35. The zero-order chi connectivity index (χ0) is 13.0. The van der Waals surface area contributed by atoms with Crippen molar-refractivity contribution in [2.24, 2.45) is 0 Å². The van der Waals surface area contributed by atoms with Crippen LogP contribution < -0.4 is 11.1 Å². The molecule has 0 unspecified atom stereocenters. The first-order chi connectivity index (χ1) is 8.66. The quantitative estimate of drug-likeness (QED) is 0.611. The third-order valence-corrected chi connectivity index (χ3v) is 3.96. The standard InChI is InChI=1S/C14H18Cl2N2/c15-11-8-13(17)14(9-12(11)16)18-7-6-10-4-2-1-3-5-10/h4,8-9,18H,1-3,5-7,17H2. The van der Waals surface area contributed by atoms with Gasteiger partial charge in [0.2, 0.25) is 0 Å². The number of rotatable bonds is 4. The van der Waals surface area contributed by atoms with Crippen molar-refractivity contribution in [1.29, 1.82) is 0 Å². The first kappa shape index (κ1) is 13.6. The van der Waals surface area contributed by atoms with Crippen molar-refractivity contribution in [3.05, 3.63) is 33.8 Å². The number of anilines is 2. The molecular weight excluding hydrogens is 267 g/mol. The topological polar surface area (TPSA) is 38.0 Å². The molecule has 3 N–H and O–H groups in total. The minimum atomic E-state index is 0.495. The van der Waals surface area contributed by atoms with Crippen LogP contribution in [-0.2, 0) is 0 Å². The molecule has 2 rings (SSSR count). The Bertz CT molecular complexity index is 455. The van der Waals surface area contributed by atoms with E-state index >= 15 is 0 Å². The number of allylic oxidation sites excluding steroid dienone is 1. The number of hydrogen-bond acceptors (Lipinski definition) is 2. The van der Waals surface area contributed by atoms with Crippen LogP contribution in [0.2, 0.25) is 10.0 Å². The van der Waals surface area contributed by atoms with Crippen molar-refractivity contribution < 1.29 is 0 Å². The maximum Gasteiger partial charge on any atom is 0.0614 e. The molecule has 18 heavy (non-hydrogen) atoms. The average molecular weight is 285 g/mol. The van der Waals surface area contributed by atoms with Crippen LogP contribution in [0.5, 0.6) is 0 Å². The van der Waals surface area contributed by atoms with Crippen LogP contribution in [0, 0.1) is 0 Å². The third-order valence-electron chi connectivity index (χ3n) is 3.24. The van der Waals surface area contributed by atoms with Gasteiger partial charge < -0.3 is 11.1 Å². The van der Waals surface area contributed by atoms with E-state index in [9.17, 15) is 0 Å². The molecule has 0 saturated heterocycles. The van der Waals surface area contributed by atoms with E-state index in [2.05, 4.69) is 11.4 Å². The van der Waals surface area contributed by atoms with Gasteiger partial charge in [-0.2, -0.15) is 0 Å². The highest BCUT2D eigenvalue weighted by Gasteiger charge is 2.06. The molecule has 0 saturated carbocycles. The highest BCUT2D eigenvalue weighted by molar-refractivity contribution is 6.42.